The van der Waals surface area contributed by atoms with E-state index in [4.69, 9.17) is 4.98 Å². The number of rotatable bonds is 6. The maximum atomic E-state index is 13.3. The lowest BCUT2D eigenvalue weighted by Crippen LogP contribution is -2.28. The Morgan fingerprint density at radius 3 is 2.81 bits per heavy atom. The predicted octanol–water partition coefficient (Wildman–Crippen LogP) is 1.92. The third-order valence-corrected chi connectivity index (χ3v) is 4.22. The quantitative estimate of drug-likeness (QED) is 0.620. The molecule has 1 atom stereocenters. The molecule has 3 N–H and O–H groups in total. The largest absolute Gasteiger partial charge is 0.395 e. The summed E-state index contributed by atoms with van der Waals surface area (Å²) in [5.41, 5.74) is 1.63. The van der Waals surface area contributed by atoms with Crippen LogP contribution < -0.4 is 10.6 Å². The normalized spacial score (nSPS) is 14.5. The molecule has 7 nitrogen and oxygen atoms in total. The highest BCUT2D eigenvalue weighted by molar-refractivity contribution is 6.06. The fourth-order valence-electron chi connectivity index (χ4n) is 2.96. The van der Waals surface area contributed by atoms with E-state index in [-0.39, 0.29) is 12.4 Å². The van der Waals surface area contributed by atoms with Gasteiger partial charge in [0.1, 0.15) is 17.2 Å². The Morgan fingerprint density at radius 1 is 1.22 bits per heavy atom. The number of nitrogens with one attached hydrogen (secondary N) is 2. The van der Waals surface area contributed by atoms with E-state index in [1.54, 1.807) is 16.6 Å². The van der Waals surface area contributed by atoms with Gasteiger partial charge in [0.2, 0.25) is 0 Å². The van der Waals surface area contributed by atoms with Crippen LogP contribution in [0.4, 0.5) is 10.2 Å². The van der Waals surface area contributed by atoms with Crippen molar-refractivity contribution in [3.05, 3.63) is 72.0 Å². The second kappa shape index (κ2) is 7.65. The molecule has 0 fully saturated rings. The zero-order chi connectivity index (χ0) is 18.6. The molecule has 3 heterocycles. The number of benzene rings is 1. The average Bonchev–Trinajstić information content (AvgIpc) is 3.35. The van der Waals surface area contributed by atoms with Crippen LogP contribution in [-0.2, 0) is 0 Å². The van der Waals surface area contributed by atoms with Crippen LogP contribution in [0.1, 0.15) is 17.4 Å². The zero-order valence-corrected chi connectivity index (χ0v) is 14.5. The number of anilines is 1. The highest BCUT2D eigenvalue weighted by atomic mass is 19.1. The molecule has 138 valence electrons. The number of aromatic nitrogens is 3. The summed E-state index contributed by atoms with van der Waals surface area (Å²) >= 11 is 0. The molecule has 27 heavy (non-hydrogen) atoms. The van der Waals surface area contributed by atoms with Gasteiger partial charge in [-0.25, -0.2) is 13.9 Å². The molecule has 1 unspecified atom stereocenters. The van der Waals surface area contributed by atoms with Crippen molar-refractivity contribution in [2.24, 2.45) is 4.99 Å². The number of halogens is 1. The number of nitrogens with zero attached hydrogens (tertiary/aromatic N) is 4. The van der Waals surface area contributed by atoms with E-state index >= 15 is 0 Å². The first kappa shape index (κ1) is 17.3. The minimum absolute atomic E-state index is 0.0316. The molecule has 0 saturated carbocycles. The van der Waals surface area contributed by atoms with Crippen LogP contribution >= 0.6 is 0 Å². The summed E-state index contributed by atoms with van der Waals surface area (Å²) in [6.45, 7) is 0.970. The molecule has 0 saturated heterocycles. The summed E-state index contributed by atoms with van der Waals surface area (Å²) in [5, 5.41) is 20.3. The first-order valence-electron chi connectivity index (χ1n) is 8.67. The van der Waals surface area contributed by atoms with Crippen LogP contribution in [0, 0.1) is 5.82 Å². The first-order chi connectivity index (χ1) is 13.2. The van der Waals surface area contributed by atoms with E-state index in [1.807, 2.05) is 30.5 Å². The molecule has 0 spiro atoms. The van der Waals surface area contributed by atoms with Crippen LogP contribution in [0.15, 0.2) is 59.7 Å². The lowest BCUT2D eigenvalue weighted by Gasteiger charge is -2.19. The third-order valence-electron chi connectivity index (χ3n) is 4.22. The summed E-state index contributed by atoms with van der Waals surface area (Å²) in [6, 6.07) is 9.57. The van der Waals surface area contributed by atoms with E-state index in [2.05, 4.69) is 20.7 Å². The fourth-order valence-corrected chi connectivity index (χ4v) is 2.96. The maximum absolute atomic E-state index is 13.3. The molecule has 4 rings (SSSR count). The van der Waals surface area contributed by atoms with Crippen molar-refractivity contribution in [2.75, 3.05) is 25.0 Å². The standard InChI is InChI=1S/C19H19FN6O/c20-14-7-5-13(6-8-14)17(22-10-12-27)19-24-18(23-16-4-1-9-21-16)15-3-2-11-26(15)25-19/h1-8,11,17,22,27H,9-10,12H2,(H,21,23,24,25). The monoisotopic (exact) mass is 366 g/mol. The number of fused-ring (bicyclic) bond motifs is 1. The molecule has 0 bridgehead atoms. The second-order valence-electron chi connectivity index (χ2n) is 6.07. The smallest absolute Gasteiger partial charge is 0.173 e. The summed E-state index contributed by atoms with van der Waals surface area (Å²) in [7, 11) is 0. The summed E-state index contributed by atoms with van der Waals surface area (Å²) in [6.07, 6.45) is 5.71. The summed E-state index contributed by atoms with van der Waals surface area (Å²) in [4.78, 5) is 9.04. The molecule has 1 aromatic carbocycles. The van der Waals surface area contributed by atoms with Crippen molar-refractivity contribution >= 4 is 17.2 Å². The number of hydrogen-bond acceptors (Lipinski definition) is 6. The van der Waals surface area contributed by atoms with Crippen LogP contribution in [0.2, 0.25) is 0 Å². The highest BCUT2D eigenvalue weighted by Crippen LogP contribution is 2.23. The molecule has 1 aliphatic rings. The van der Waals surface area contributed by atoms with Crippen molar-refractivity contribution in [2.45, 2.75) is 6.04 Å². The molecular weight excluding hydrogens is 347 g/mol. The van der Waals surface area contributed by atoms with E-state index in [0.717, 1.165) is 16.9 Å². The van der Waals surface area contributed by atoms with Crippen molar-refractivity contribution in [3.8, 4) is 0 Å². The van der Waals surface area contributed by atoms with Gasteiger partial charge in [0, 0.05) is 12.7 Å². The molecule has 8 heteroatoms. The molecule has 0 aliphatic carbocycles. The second-order valence-corrected chi connectivity index (χ2v) is 6.07. The SMILES string of the molecule is OCCNC(c1ccc(F)cc1)c1nc(NC2=NCC=C2)c2cccn2n1. The molecule has 0 amide bonds. The molecular formula is C19H19FN6O. The number of amidine groups is 1. The van der Waals surface area contributed by atoms with Crippen molar-refractivity contribution in [1.82, 2.24) is 19.9 Å². The van der Waals surface area contributed by atoms with E-state index < -0.39 is 6.04 Å². The minimum atomic E-state index is -0.397. The van der Waals surface area contributed by atoms with Gasteiger partial charge in [-0.05, 0) is 35.9 Å². The number of aliphatic hydroxyl groups is 1. The molecule has 3 aromatic rings. The topological polar surface area (TPSA) is 86.8 Å². The van der Waals surface area contributed by atoms with Crippen LogP contribution in [-0.4, -0.2) is 45.2 Å². The highest BCUT2D eigenvalue weighted by Gasteiger charge is 2.20. The Morgan fingerprint density at radius 2 is 2.07 bits per heavy atom. The van der Waals surface area contributed by atoms with Gasteiger partial charge in [-0.15, -0.1) is 0 Å². The van der Waals surface area contributed by atoms with Crippen LogP contribution in [0.3, 0.4) is 0 Å². The number of aliphatic hydroxyl groups excluding tert-OH is 1. The van der Waals surface area contributed by atoms with Crippen molar-refractivity contribution in [1.29, 1.82) is 0 Å². The minimum Gasteiger partial charge on any atom is -0.395 e. The molecule has 0 radical (unpaired) electrons. The van der Waals surface area contributed by atoms with Gasteiger partial charge in [0.15, 0.2) is 11.6 Å². The summed E-state index contributed by atoms with van der Waals surface area (Å²) in [5.74, 6) is 1.57. The molecule has 1 aliphatic heterocycles. The Balaban J connectivity index is 1.76. The number of aliphatic imine (C=N–C) groups is 1. The van der Waals surface area contributed by atoms with Crippen molar-refractivity contribution < 1.29 is 9.50 Å². The average molecular weight is 366 g/mol. The van der Waals surface area contributed by atoms with Crippen molar-refractivity contribution in [3.63, 3.8) is 0 Å². The maximum Gasteiger partial charge on any atom is 0.173 e. The zero-order valence-electron chi connectivity index (χ0n) is 14.5. The predicted molar refractivity (Wildman–Crippen MR) is 101 cm³/mol. The molecule has 2 aromatic heterocycles. The van der Waals surface area contributed by atoms with E-state index in [9.17, 15) is 9.50 Å². The number of hydrogen-bond donors (Lipinski definition) is 3. The Hall–Kier alpha value is -3.10. The van der Waals surface area contributed by atoms with E-state index in [1.165, 1.54) is 12.1 Å². The lowest BCUT2D eigenvalue weighted by atomic mass is 10.1. The summed E-state index contributed by atoms with van der Waals surface area (Å²) < 4.78 is 15.1. The first-order valence-corrected chi connectivity index (χ1v) is 8.67. The van der Waals surface area contributed by atoms with Gasteiger partial charge in [-0.3, -0.25) is 4.99 Å². The third kappa shape index (κ3) is 3.71. The Kier molecular flexibility index (Phi) is 4.91. The van der Waals surface area contributed by atoms with Crippen LogP contribution in [0.25, 0.3) is 5.52 Å². The lowest BCUT2D eigenvalue weighted by molar-refractivity contribution is 0.287. The van der Waals surface area contributed by atoms with Crippen LogP contribution in [0.5, 0.6) is 0 Å². The van der Waals surface area contributed by atoms with Gasteiger partial charge in [-0.1, -0.05) is 18.2 Å². The van der Waals surface area contributed by atoms with Gasteiger partial charge >= 0.3 is 0 Å². The van der Waals surface area contributed by atoms with E-state index in [0.29, 0.717) is 24.7 Å². The van der Waals surface area contributed by atoms with Gasteiger partial charge in [-0.2, -0.15) is 5.10 Å². The fraction of sp³-hybridized carbons (Fsp3) is 0.211. The Labute approximate surface area is 155 Å². The van der Waals surface area contributed by atoms with Gasteiger partial charge in [0.05, 0.1) is 19.2 Å². The van der Waals surface area contributed by atoms with Gasteiger partial charge < -0.3 is 15.7 Å². The van der Waals surface area contributed by atoms with Gasteiger partial charge in [0.25, 0.3) is 0 Å². The Bertz CT molecular complexity index is 995.